The summed E-state index contributed by atoms with van der Waals surface area (Å²) in [5.41, 5.74) is 5.25. The van der Waals surface area contributed by atoms with E-state index in [1.165, 1.54) is 12.8 Å². The second-order valence-corrected chi connectivity index (χ2v) is 3.45. The van der Waals surface area contributed by atoms with Crippen LogP contribution in [-0.4, -0.2) is 21.8 Å². The Morgan fingerprint density at radius 2 is 2.38 bits per heavy atom. The van der Waals surface area contributed by atoms with Crippen molar-refractivity contribution in [1.29, 1.82) is 0 Å². The van der Waals surface area contributed by atoms with Crippen LogP contribution in [0.1, 0.15) is 30.7 Å². The normalized spacial score (nSPS) is 18.9. The fourth-order valence-electron chi connectivity index (χ4n) is 1.17. The zero-order chi connectivity index (χ0) is 9.26. The van der Waals surface area contributed by atoms with Gasteiger partial charge >= 0.3 is 0 Å². The minimum Gasteiger partial charge on any atom is -0.382 e. The van der Waals surface area contributed by atoms with Crippen LogP contribution in [0, 0.1) is 5.92 Å². The lowest BCUT2D eigenvalue weighted by Crippen LogP contribution is -2.11. The molecule has 1 atom stereocenters. The van der Waals surface area contributed by atoms with Gasteiger partial charge in [-0.25, -0.2) is 0 Å². The predicted octanol–water partition coefficient (Wildman–Crippen LogP) is 0.0142. The zero-order valence-corrected chi connectivity index (χ0v) is 7.31. The number of aliphatic hydroxyl groups is 1. The Kier molecular flexibility index (Phi) is 2.28. The van der Waals surface area contributed by atoms with E-state index in [1.807, 2.05) is 0 Å². The first-order valence-electron chi connectivity index (χ1n) is 4.50. The highest BCUT2D eigenvalue weighted by molar-refractivity contribution is 4.94. The van der Waals surface area contributed by atoms with E-state index in [9.17, 15) is 5.11 Å². The topological polar surface area (TPSA) is 85.2 Å². The summed E-state index contributed by atoms with van der Waals surface area (Å²) < 4.78 is 4.85. The Labute approximate surface area is 75.9 Å². The molecule has 1 aliphatic carbocycles. The number of nitrogens with zero attached hydrogens (tertiary/aromatic N) is 2. The quantitative estimate of drug-likeness (QED) is 0.687. The second kappa shape index (κ2) is 3.43. The van der Waals surface area contributed by atoms with Crippen LogP contribution in [0.3, 0.4) is 0 Å². The highest BCUT2D eigenvalue weighted by Crippen LogP contribution is 2.31. The Morgan fingerprint density at radius 3 is 3.00 bits per heavy atom. The number of hydrogen-bond donors (Lipinski definition) is 2. The van der Waals surface area contributed by atoms with Gasteiger partial charge in [-0.05, 0) is 18.8 Å². The molecule has 3 N–H and O–H groups in total. The van der Waals surface area contributed by atoms with Gasteiger partial charge in [-0.1, -0.05) is 5.16 Å². The summed E-state index contributed by atoms with van der Waals surface area (Å²) >= 11 is 0. The Hall–Kier alpha value is -0.940. The van der Waals surface area contributed by atoms with Gasteiger partial charge in [0.05, 0.1) is 0 Å². The van der Waals surface area contributed by atoms with Crippen LogP contribution >= 0.6 is 0 Å². The third-order valence-corrected chi connectivity index (χ3v) is 2.16. The van der Waals surface area contributed by atoms with Crippen molar-refractivity contribution in [3.05, 3.63) is 11.7 Å². The molecule has 1 heterocycles. The highest BCUT2D eigenvalue weighted by Gasteiger charge is 2.24. The van der Waals surface area contributed by atoms with E-state index in [4.69, 9.17) is 10.3 Å². The van der Waals surface area contributed by atoms with Gasteiger partial charge in [0.2, 0.25) is 0 Å². The first-order valence-corrected chi connectivity index (χ1v) is 4.50. The number of rotatable bonds is 4. The third-order valence-electron chi connectivity index (χ3n) is 2.16. The molecule has 1 aliphatic rings. The van der Waals surface area contributed by atoms with Gasteiger partial charge in [-0.15, -0.1) is 0 Å². The predicted molar refractivity (Wildman–Crippen MR) is 44.7 cm³/mol. The number of nitrogens with two attached hydrogens (primary N) is 1. The number of aromatic nitrogens is 2. The van der Waals surface area contributed by atoms with E-state index in [-0.39, 0.29) is 12.4 Å². The van der Waals surface area contributed by atoms with Crippen LogP contribution in [0.5, 0.6) is 0 Å². The van der Waals surface area contributed by atoms with E-state index in [0.29, 0.717) is 5.82 Å². The molecule has 0 aromatic carbocycles. The summed E-state index contributed by atoms with van der Waals surface area (Å²) in [5, 5.41) is 13.0. The van der Waals surface area contributed by atoms with Gasteiger partial charge in [0.15, 0.2) is 5.82 Å². The molecule has 0 bridgehead atoms. The van der Waals surface area contributed by atoms with Crippen LogP contribution in [0.25, 0.3) is 0 Å². The van der Waals surface area contributed by atoms with Crippen LogP contribution in [0.15, 0.2) is 4.52 Å². The molecule has 5 nitrogen and oxygen atoms in total. The van der Waals surface area contributed by atoms with Crippen LogP contribution in [0.2, 0.25) is 0 Å². The third kappa shape index (κ3) is 2.05. The summed E-state index contributed by atoms with van der Waals surface area (Å²) in [4.78, 5) is 4.05. The first kappa shape index (κ1) is 8.65. The fourth-order valence-corrected chi connectivity index (χ4v) is 1.17. The maximum Gasteiger partial charge on any atom is 0.256 e. The molecule has 2 rings (SSSR count). The Balaban J connectivity index is 1.99. The Morgan fingerprint density at radius 1 is 1.62 bits per heavy atom. The maximum atomic E-state index is 9.27. The molecule has 13 heavy (non-hydrogen) atoms. The first-order chi connectivity index (χ1) is 6.29. The van der Waals surface area contributed by atoms with E-state index < -0.39 is 6.10 Å². The lowest BCUT2D eigenvalue weighted by atomic mass is 10.3. The molecule has 0 spiro atoms. The SMILES string of the molecule is NC[C@H](O)c1nc(CC2CC2)no1. The molecule has 72 valence electrons. The summed E-state index contributed by atoms with van der Waals surface area (Å²) in [7, 11) is 0. The van der Waals surface area contributed by atoms with Crippen molar-refractivity contribution in [2.45, 2.75) is 25.4 Å². The van der Waals surface area contributed by atoms with Gasteiger partial charge < -0.3 is 15.4 Å². The van der Waals surface area contributed by atoms with Crippen LogP contribution in [-0.2, 0) is 6.42 Å². The average Bonchev–Trinajstić information content (AvgIpc) is 2.81. The molecule has 0 amide bonds. The average molecular weight is 183 g/mol. The number of hydrogen-bond acceptors (Lipinski definition) is 5. The molecule has 0 radical (unpaired) electrons. The summed E-state index contributed by atoms with van der Waals surface area (Å²) in [6, 6.07) is 0. The van der Waals surface area contributed by atoms with Gasteiger partial charge in [0.25, 0.3) is 5.89 Å². The van der Waals surface area contributed by atoms with Crippen molar-refractivity contribution < 1.29 is 9.63 Å². The van der Waals surface area contributed by atoms with Crippen LogP contribution in [0.4, 0.5) is 0 Å². The minimum atomic E-state index is -0.819. The van der Waals surface area contributed by atoms with E-state index in [1.54, 1.807) is 0 Å². The zero-order valence-electron chi connectivity index (χ0n) is 7.31. The smallest absolute Gasteiger partial charge is 0.256 e. The lowest BCUT2D eigenvalue weighted by Gasteiger charge is -1.97. The molecule has 1 aromatic heterocycles. The van der Waals surface area contributed by atoms with Gasteiger partial charge in [0.1, 0.15) is 6.10 Å². The Bertz CT molecular complexity index is 283. The summed E-state index contributed by atoms with van der Waals surface area (Å²) in [6.45, 7) is 0.116. The van der Waals surface area contributed by atoms with Crippen molar-refractivity contribution in [3.63, 3.8) is 0 Å². The minimum absolute atomic E-state index is 0.116. The van der Waals surface area contributed by atoms with Gasteiger partial charge in [-0.3, -0.25) is 0 Å². The molecule has 0 aliphatic heterocycles. The standard InChI is InChI=1S/C8H13N3O2/c9-4-6(12)8-10-7(11-13-8)3-5-1-2-5/h5-6,12H,1-4,9H2/t6-/m0/s1. The molecule has 0 saturated heterocycles. The van der Waals surface area contributed by atoms with E-state index in [0.717, 1.165) is 12.3 Å². The lowest BCUT2D eigenvalue weighted by molar-refractivity contribution is 0.141. The van der Waals surface area contributed by atoms with E-state index >= 15 is 0 Å². The van der Waals surface area contributed by atoms with Crippen LogP contribution < -0.4 is 5.73 Å². The molecule has 1 fully saturated rings. The largest absolute Gasteiger partial charge is 0.382 e. The molecular weight excluding hydrogens is 170 g/mol. The second-order valence-electron chi connectivity index (χ2n) is 3.45. The number of aliphatic hydroxyl groups excluding tert-OH is 1. The maximum absolute atomic E-state index is 9.27. The van der Waals surface area contributed by atoms with Crippen molar-refractivity contribution in [1.82, 2.24) is 10.1 Å². The van der Waals surface area contributed by atoms with Crippen molar-refractivity contribution >= 4 is 0 Å². The van der Waals surface area contributed by atoms with Crippen molar-refractivity contribution in [2.75, 3.05) is 6.54 Å². The molecule has 0 unspecified atom stereocenters. The fraction of sp³-hybridized carbons (Fsp3) is 0.750. The highest BCUT2D eigenvalue weighted by atomic mass is 16.5. The van der Waals surface area contributed by atoms with Gasteiger partial charge in [0, 0.05) is 13.0 Å². The molecule has 1 saturated carbocycles. The molecular formula is C8H13N3O2. The summed E-state index contributed by atoms with van der Waals surface area (Å²) in [5.74, 6) is 1.64. The summed E-state index contributed by atoms with van der Waals surface area (Å²) in [6.07, 6.45) is 2.55. The van der Waals surface area contributed by atoms with Crippen molar-refractivity contribution in [2.24, 2.45) is 11.7 Å². The monoisotopic (exact) mass is 183 g/mol. The van der Waals surface area contributed by atoms with Gasteiger partial charge in [-0.2, -0.15) is 4.98 Å². The molecule has 5 heteroatoms. The van der Waals surface area contributed by atoms with E-state index in [2.05, 4.69) is 10.1 Å². The van der Waals surface area contributed by atoms with Crippen molar-refractivity contribution in [3.8, 4) is 0 Å². The molecule has 1 aromatic rings.